The minimum Gasteiger partial charge on any atom is -0.423 e. The van der Waals surface area contributed by atoms with Crippen LogP contribution in [0.3, 0.4) is 0 Å². The molecule has 1 heterocycles. The van der Waals surface area contributed by atoms with Gasteiger partial charge in [-0.1, -0.05) is 24.3 Å². The highest BCUT2D eigenvalue weighted by atomic mass is 16.5. The maximum Gasteiger partial charge on any atom is 0.488 e. The number of hydrogen-bond acceptors (Lipinski definition) is 5. The number of nitrogens with two attached hydrogens (primary N) is 1. The molecule has 0 aliphatic carbocycles. The van der Waals surface area contributed by atoms with Crippen LogP contribution in [-0.4, -0.2) is 43.0 Å². The Kier molecular flexibility index (Phi) is 4.14. The van der Waals surface area contributed by atoms with Crippen molar-refractivity contribution in [3.8, 4) is 0 Å². The van der Waals surface area contributed by atoms with Crippen LogP contribution in [0.25, 0.3) is 0 Å². The molecule has 92 valence electrons. The second-order valence-corrected chi connectivity index (χ2v) is 4.14. The summed E-state index contributed by atoms with van der Waals surface area (Å²) in [6, 6.07) is 6.69. The number of hydrogen-bond donors (Lipinski definition) is 4. The van der Waals surface area contributed by atoms with Crippen LogP contribution in [0.1, 0.15) is 11.6 Å². The molecule has 17 heavy (non-hydrogen) atoms. The summed E-state index contributed by atoms with van der Waals surface area (Å²) in [5, 5.41) is 21.8. The molecule has 1 aliphatic rings. The van der Waals surface area contributed by atoms with Crippen molar-refractivity contribution in [2.24, 2.45) is 5.73 Å². The van der Waals surface area contributed by atoms with Crippen LogP contribution < -0.4 is 16.5 Å². The third-order valence-corrected chi connectivity index (χ3v) is 2.99. The average molecular weight is 236 g/mol. The Bertz CT molecular complexity index is 369. The molecule has 0 aromatic heterocycles. The SMILES string of the molecule is NC(c1ccccc1B(O)O)C1CNCCO1. The first-order valence-corrected chi connectivity index (χ1v) is 5.73. The Morgan fingerprint density at radius 1 is 1.41 bits per heavy atom. The summed E-state index contributed by atoms with van der Waals surface area (Å²) >= 11 is 0. The van der Waals surface area contributed by atoms with Gasteiger partial charge in [0.25, 0.3) is 0 Å². The first kappa shape index (κ1) is 12.5. The summed E-state index contributed by atoms with van der Waals surface area (Å²) in [5.74, 6) is 0. The van der Waals surface area contributed by atoms with Crippen LogP contribution in [0.4, 0.5) is 0 Å². The highest BCUT2D eigenvalue weighted by Gasteiger charge is 2.26. The molecule has 0 spiro atoms. The number of benzene rings is 1. The van der Waals surface area contributed by atoms with Crippen molar-refractivity contribution >= 4 is 12.6 Å². The lowest BCUT2D eigenvalue weighted by molar-refractivity contribution is 0.0123. The van der Waals surface area contributed by atoms with Gasteiger partial charge in [0, 0.05) is 13.1 Å². The van der Waals surface area contributed by atoms with E-state index in [2.05, 4.69) is 5.32 Å². The maximum absolute atomic E-state index is 9.30. The molecule has 2 atom stereocenters. The molecule has 0 bridgehead atoms. The Morgan fingerprint density at radius 2 is 2.18 bits per heavy atom. The molecule has 1 aromatic rings. The molecule has 5 N–H and O–H groups in total. The molecule has 0 amide bonds. The fourth-order valence-electron chi connectivity index (χ4n) is 2.07. The van der Waals surface area contributed by atoms with Gasteiger partial charge in [0.1, 0.15) is 0 Å². The molecule has 0 radical (unpaired) electrons. The van der Waals surface area contributed by atoms with E-state index in [9.17, 15) is 10.0 Å². The first-order valence-electron chi connectivity index (χ1n) is 5.73. The molecule has 1 aromatic carbocycles. The minimum absolute atomic E-state index is 0.136. The topological polar surface area (TPSA) is 87.7 Å². The van der Waals surface area contributed by atoms with Gasteiger partial charge in [0.2, 0.25) is 0 Å². The molecule has 0 saturated carbocycles. The Balaban J connectivity index is 2.20. The quantitative estimate of drug-likeness (QED) is 0.472. The van der Waals surface area contributed by atoms with E-state index in [1.807, 2.05) is 6.07 Å². The molecule has 2 rings (SSSR count). The van der Waals surface area contributed by atoms with Crippen molar-refractivity contribution in [1.82, 2.24) is 5.32 Å². The van der Waals surface area contributed by atoms with Gasteiger partial charge in [-0.2, -0.15) is 0 Å². The predicted molar refractivity (Wildman–Crippen MR) is 65.8 cm³/mol. The fourth-order valence-corrected chi connectivity index (χ4v) is 2.07. The Labute approximate surface area is 101 Å². The summed E-state index contributed by atoms with van der Waals surface area (Å²) in [6.45, 7) is 2.13. The molecule has 1 aliphatic heterocycles. The van der Waals surface area contributed by atoms with Crippen molar-refractivity contribution < 1.29 is 14.8 Å². The van der Waals surface area contributed by atoms with Gasteiger partial charge in [-0.15, -0.1) is 0 Å². The fraction of sp³-hybridized carbons (Fsp3) is 0.455. The van der Waals surface area contributed by atoms with Crippen molar-refractivity contribution in [3.05, 3.63) is 29.8 Å². The summed E-state index contributed by atoms with van der Waals surface area (Å²) in [6.07, 6.45) is -0.136. The third kappa shape index (κ3) is 2.85. The highest BCUT2D eigenvalue weighted by molar-refractivity contribution is 6.59. The predicted octanol–water partition coefficient (Wildman–Crippen LogP) is -1.65. The van der Waals surface area contributed by atoms with Crippen molar-refractivity contribution in [2.75, 3.05) is 19.7 Å². The minimum atomic E-state index is -1.51. The van der Waals surface area contributed by atoms with Gasteiger partial charge >= 0.3 is 7.12 Å². The molecule has 6 heteroatoms. The zero-order valence-electron chi connectivity index (χ0n) is 9.54. The van der Waals surface area contributed by atoms with Crippen LogP contribution in [0, 0.1) is 0 Å². The summed E-state index contributed by atoms with van der Waals surface area (Å²) in [7, 11) is -1.51. The summed E-state index contributed by atoms with van der Waals surface area (Å²) < 4.78 is 5.58. The maximum atomic E-state index is 9.30. The highest BCUT2D eigenvalue weighted by Crippen LogP contribution is 2.16. The van der Waals surface area contributed by atoms with Gasteiger partial charge in [-0.3, -0.25) is 0 Å². The third-order valence-electron chi connectivity index (χ3n) is 2.99. The first-order chi connectivity index (χ1) is 8.20. The average Bonchev–Trinajstić information content (AvgIpc) is 2.39. The van der Waals surface area contributed by atoms with Gasteiger partial charge in [-0.05, 0) is 11.0 Å². The van der Waals surface area contributed by atoms with Crippen LogP contribution in [0.2, 0.25) is 0 Å². The lowest BCUT2D eigenvalue weighted by Gasteiger charge is -2.29. The van der Waals surface area contributed by atoms with Gasteiger partial charge in [0.05, 0.1) is 18.8 Å². The van der Waals surface area contributed by atoms with Gasteiger partial charge in [0.15, 0.2) is 0 Å². The molecule has 2 unspecified atom stereocenters. The van der Waals surface area contributed by atoms with Gasteiger partial charge in [-0.25, -0.2) is 0 Å². The number of nitrogens with one attached hydrogen (secondary N) is 1. The molecular weight excluding hydrogens is 219 g/mol. The molecule has 1 saturated heterocycles. The van der Waals surface area contributed by atoms with E-state index in [-0.39, 0.29) is 12.1 Å². The number of ether oxygens (including phenoxy) is 1. The van der Waals surface area contributed by atoms with Crippen molar-refractivity contribution in [1.29, 1.82) is 0 Å². The summed E-state index contributed by atoms with van der Waals surface area (Å²) in [5.41, 5.74) is 7.28. The second-order valence-electron chi connectivity index (χ2n) is 4.14. The van der Waals surface area contributed by atoms with Crippen LogP contribution in [0.5, 0.6) is 0 Å². The standard InChI is InChI=1S/C11H17BN2O3/c13-11(10-7-14-5-6-17-10)8-3-1-2-4-9(8)12(15)16/h1-4,10-11,14-16H,5-7,13H2. The summed E-state index contributed by atoms with van der Waals surface area (Å²) in [4.78, 5) is 0. The van der Waals surface area contributed by atoms with E-state index < -0.39 is 7.12 Å². The largest absolute Gasteiger partial charge is 0.488 e. The smallest absolute Gasteiger partial charge is 0.423 e. The van der Waals surface area contributed by atoms with Gasteiger partial charge < -0.3 is 25.8 Å². The lowest BCUT2D eigenvalue weighted by Crippen LogP contribution is -2.47. The van der Waals surface area contributed by atoms with E-state index in [1.165, 1.54) is 0 Å². The monoisotopic (exact) mass is 236 g/mol. The molecule has 1 fully saturated rings. The van der Waals surface area contributed by atoms with E-state index in [4.69, 9.17) is 10.5 Å². The van der Waals surface area contributed by atoms with E-state index in [1.54, 1.807) is 18.2 Å². The van der Waals surface area contributed by atoms with Crippen LogP contribution in [-0.2, 0) is 4.74 Å². The second kappa shape index (κ2) is 5.62. The Hall–Kier alpha value is -0.915. The van der Waals surface area contributed by atoms with E-state index in [0.29, 0.717) is 18.6 Å². The normalized spacial score (nSPS) is 22.2. The number of rotatable bonds is 3. The van der Waals surface area contributed by atoms with E-state index in [0.717, 1.165) is 12.1 Å². The zero-order chi connectivity index (χ0) is 12.3. The van der Waals surface area contributed by atoms with Crippen molar-refractivity contribution in [3.63, 3.8) is 0 Å². The Morgan fingerprint density at radius 3 is 2.82 bits per heavy atom. The van der Waals surface area contributed by atoms with Crippen LogP contribution in [0.15, 0.2) is 24.3 Å². The molecule has 5 nitrogen and oxygen atoms in total. The lowest BCUT2D eigenvalue weighted by atomic mass is 9.75. The van der Waals surface area contributed by atoms with E-state index >= 15 is 0 Å². The van der Waals surface area contributed by atoms with Crippen molar-refractivity contribution in [2.45, 2.75) is 12.1 Å². The molecular formula is C11H17BN2O3. The zero-order valence-corrected chi connectivity index (χ0v) is 9.54. The van der Waals surface area contributed by atoms with Crippen LogP contribution >= 0.6 is 0 Å². The number of morpholine rings is 1.